The fraction of sp³-hybridized carbons (Fsp3) is 0.923. The molecule has 3 aliphatic rings. The average molecular weight is 219 g/mol. The van der Waals surface area contributed by atoms with Crippen molar-refractivity contribution < 1.29 is 0 Å². The van der Waals surface area contributed by atoms with E-state index in [1.165, 1.54) is 38.8 Å². The smallest absolute Gasteiger partial charge is 0.0669 e. The highest BCUT2D eigenvalue weighted by Gasteiger charge is 2.36. The molecule has 3 rings (SSSR count). The van der Waals surface area contributed by atoms with E-state index in [9.17, 15) is 0 Å². The van der Waals surface area contributed by atoms with Crippen LogP contribution in [0.4, 0.5) is 0 Å². The van der Waals surface area contributed by atoms with Crippen LogP contribution in [-0.4, -0.2) is 48.1 Å². The highest BCUT2D eigenvalue weighted by molar-refractivity contribution is 4.96. The Bertz CT molecular complexity index is 292. The molecule has 3 heteroatoms. The van der Waals surface area contributed by atoms with Crippen molar-refractivity contribution in [3.63, 3.8) is 0 Å². The highest BCUT2D eigenvalue weighted by atomic mass is 15.3. The van der Waals surface area contributed by atoms with E-state index in [1.54, 1.807) is 0 Å². The van der Waals surface area contributed by atoms with E-state index in [0.717, 1.165) is 31.6 Å². The molecular formula is C13H21N3. The molecule has 1 saturated carbocycles. The molecule has 0 amide bonds. The third-order valence-corrected chi connectivity index (χ3v) is 4.41. The molecule has 88 valence electrons. The van der Waals surface area contributed by atoms with E-state index >= 15 is 0 Å². The van der Waals surface area contributed by atoms with Gasteiger partial charge in [-0.25, -0.2) is 0 Å². The molecular weight excluding hydrogens is 198 g/mol. The Morgan fingerprint density at radius 3 is 2.38 bits per heavy atom. The second-order valence-electron chi connectivity index (χ2n) is 5.63. The van der Waals surface area contributed by atoms with Crippen LogP contribution in [0.3, 0.4) is 0 Å². The third-order valence-electron chi connectivity index (χ3n) is 4.41. The molecule has 2 atom stereocenters. The first-order valence-corrected chi connectivity index (χ1v) is 6.74. The number of rotatable bonds is 2. The van der Waals surface area contributed by atoms with Crippen LogP contribution < -0.4 is 0 Å². The van der Waals surface area contributed by atoms with E-state index in [-0.39, 0.29) is 0 Å². The molecule has 0 aromatic heterocycles. The largest absolute Gasteiger partial charge is 0.299 e. The predicted octanol–water partition coefficient (Wildman–Crippen LogP) is 1.46. The number of piperidine rings is 1. The Morgan fingerprint density at radius 1 is 0.875 bits per heavy atom. The normalized spacial score (nSPS) is 37.4. The van der Waals surface area contributed by atoms with Gasteiger partial charge in [0.25, 0.3) is 0 Å². The zero-order valence-corrected chi connectivity index (χ0v) is 9.94. The first-order chi connectivity index (χ1) is 7.86. The van der Waals surface area contributed by atoms with Crippen LogP contribution in [0.15, 0.2) is 0 Å². The minimum atomic E-state index is 0.302. The summed E-state index contributed by atoms with van der Waals surface area (Å²) in [5.74, 6) is 0.302. The Balaban J connectivity index is 1.56. The van der Waals surface area contributed by atoms with Crippen molar-refractivity contribution in [3.8, 4) is 6.07 Å². The summed E-state index contributed by atoms with van der Waals surface area (Å²) in [6.45, 7) is 4.76. The van der Waals surface area contributed by atoms with Gasteiger partial charge in [-0.05, 0) is 45.2 Å². The van der Waals surface area contributed by atoms with Crippen LogP contribution in [0.1, 0.15) is 32.1 Å². The average Bonchev–Trinajstić information content (AvgIpc) is 3.07. The second-order valence-corrected chi connectivity index (χ2v) is 5.63. The molecule has 0 aromatic rings. The number of hydrogen-bond donors (Lipinski definition) is 0. The lowest BCUT2D eigenvalue weighted by molar-refractivity contribution is 0.109. The van der Waals surface area contributed by atoms with Crippen molar-refractivity contribution in [3.05, 3.63) is 0 Å². The summed E-state index contributed by atoms with van der Waals surface area (Å²) >= 11 is 0. The molecule has 1 aliphatic carbocycles. The minimum Gasteiger partial charge on any atom is -0.299 e. The molecule has 2 unspecified atom stereocenters. The van der Waals surface area contributed by atoms with Crippen LogP contribution in [0.25, 0.3) is 0 Å². The molecule has 0 bridgehead atoms. The maximum Gasteiger partial charge on any atom is 0.0669 e. The topological polar surface area (TPSA) is 30.3 Å². The van der Waals surface area contributed by atoms with Crippen molar-refractivity contribution >= 4 is 0 Å². The van der Waals surface area contributed by atoms with Gasteiger partial charge in [0.15, 0.2) is 0 Å². The monoisotopic (exact) mass is 219 g/mol. The van der Waals surface area contributed by atoms with Gasteiger partial charge < -0.3 is 0 Å². The van der Waals surface area contributed by atoms with Crippen molar-refractivity contribution in [2.24, 2.45) is 5.92 Å². The SMILES string of the molecule is N#CC1CCN(C2CCCN(C3CC3)C2)C1. The summed E-state index contributed by atoms with van der Waals surface area (Å²) in [5, 5.41) is 8.95. The van der Waals surface area contributed by atoms with Gasteiger partial charge in [0.1, 0.15) is 0 Å². The van der Waals surface area contributed by atoms with E-state index < -0.39 is 0 Å². The third kappa shape index (κ3) is 2.09. The van der Waals surface area contributed by atoms with Crippen molar-refractivity contribution in [1.29, 1.82) is 5.26 Å². The minimum absolute atomic E-state index is 0.302. The first-order valence-electron chi connectivity index (χ1n) is 6.74. The quantitative estimate of drug-likeness (QED) is 0.704. The highest BCUT2D eigenvalue weighted by Crippen LogP contribution is 2.31. The molecule has 0 radical (unpaired) electrons. The lowest BCUT2D eigenvalue weighted by Crippen LogP contribution is -2.47. The molecule has 0 aromatic carbocycles. The van der Waals surface area contributed by atoms with Crippen molar-refractivity contribution in [1.82, 2.24) is 9.80 Å². The van der Waals surface area contributed by atoms with Crippen LogP contribution in [0.5, 0.6) is 0 Å². The summed E-state index contributed by atoms with van der Waals surface area (Å²) in [7, 11) is 0. The number of nitriles is 1. The van der Waals surface area contributed by atoms with E-state index in [0.29, 0.717) is 5.92 Å². The second kappa shape index (κ2) is 4.35. The standard InChI is InChI=1S/C13H21N3/c14-8-11-5-7-16(9-11)13-2-1-6-15(10-13)12-3-4-12/h11-13H,1-7,9-10H2. The maximum absolute atomic E-state index is 8.95. The van der Waals surface area contributed by atoms with Gasteiger partial charge in [-0.15, -0.1) is 0 Å². The lowest BCUT2D eigenvalue weighted by atomic mass is 10.0. The molecule has 16 heavy (non-hydrogen) atoms. The summed E-state index contributed by atoms with van der Waals surface area (Å²) in [5.41, 5.74) is 0. The van der Waals surface area contributed by atoms with Gasteiger partial charge in [-0.2, -0.15) is 5.26 Å². The molecule has 2 heterocycles. The Hall–Kier alpha value is -0.590. The lowest BCUT2D eigenvalue weighted by Gasteiger charge is -2.37. The number of likely N-dealkylation sites (tertiary alicyclic amines) is 2. The molecule has 3 nitrogen and oxygen atoms in total. The van der Waals surface area contributed by atoms with E-state index in [4.69, 9.17) is 5.26 Å². The summed E-state index contributed by atoms with van der Waals surface area (Å²) in [4.78, 5) is 5.26. The van der Waals surface area contributed by atoms with Gasteiger partial charge in [-0.3, -0.25) is 9.80 Å². The Kier molecular flexibility index (Phi) is 2.87. The zero-order valence-electron chi connectivity index (χ0n) is 9.94. The van der Waals surface area contributed by atoms with Gasteiger partial charge in [0.2, 0.25) is 0 Å². The van der Waals surface area contributed by atoms with Gasteiger partial charge >= 0.3 is 0 Å². The molecule has 3 fully saturated rings. The number of hydrogen-bond acceptors (Lipinski definition) is 3. The summed E-state index contributed by atoms with van der Waals surface area (Å²) < 4.78 is 0. The van der Waals surface area contributed by atoms with Crippen LogP contribution in [0.2, 0.25) is 0 Å². The van der Waals surface area contributed by atoms with Crippen LogP contribution in [-0.2, 0) is 0 Å². The maximum atomic E-state index is 8.95. The molecule has 2 saturated heterocycles. The van der Waals surface area contributed by atoms with Crippen molar-refractivity contribution in [2.45, 2.75) is 44.2 Å². The van der Waals surface area contributed by atoms with Crippen LogP contribution in [0, 0.1) is 17.2 Å². The summed E-state index contributed by atoms with van der Waals surface area (Å²) in [6, 6.07) is 4.08. The van der Waals surface area contributed by atoms with Crippen molar-refractivity contribution in [2.75, 3.05) is 26.2 Å². The molecule has 2 aliphatic heterocycles. The fourth-order valence-corrected chi connectivity index (χ4v) is 3.28. The number of nitrogens with zero attached hydrogens (tertiary/aromatic N) is 3. The van der Waals surface area contributed by atoms with E-state index in [1.807, 2.05) is 0 Å². The van der Waals surface area contributed by atoms with E-state index in [2.05, 4.69) is 15.9 Å². The predicted molar refractivity (Wildman–Crippen MR) is 62.9 cm³/mol. The molecule has 0 N–H and O–H groups in total. The van der Waals surface area contributed by atoms with Crippen LogP contribution >= 0.6 is 0 Å². The Labute approximate surface area is 98.0 Å². The summed E-state index contributed by atoms with van der Waals surface area (Å²) in [6.07, 6.45) is 6.65. The zero-order chi connectivity index (χ0) is 11.0. The Morgan fingerprint density at radius 2 is 1.69 bits per heavy atom. The fourth-order valence-electron chi connectivity index (χ4n) is 3.28. The molecule has 0 spiro atoms. The van der Waals surface area contributed by atoms with Gasteiger partial charge in [0.05, 0.1) is 12.0 Å². The first kappa shape index (κ1) is 10.6. The van der Waals surface area contributed by atoms with Gasteiger partial charge in [0, 0.05) is 25.2 Å². The van der Waals surface area contributed by atoms with Gasteiger partial charge in [-0.1, -0.05) is 0 Å².